The number of rotatable bonds is 3. The van der Waals surface area contributed by atoms with Gasteiger partial charge in [0.25, 0.3) is 0 Å². The molecule has 2 fully saturated rings. The van der Waals surface area contributed by atoms with Crippen molar-refractivity contribution in [2.45, 2.75) is 31.7 Å². The van der Waals surface area contributed by atoms with Crippen LogP contribution in [0.15, 0.2) is 12.4 Å². The Balaban J connectivity index is 1.76. The van der Waals surface area contributed by atoms with E-state index in [1.54, 1.807) is 12.4 Å². The molecule has 6 nitrogen and oxygen atoms in total. The molecule has 0 radical (unpaired) electrons. The minimum absolute atomic E-state index is 0.0909. The molecule has 21 heavy (non-hydrogen) atoms. The summed E-state index contributed by atoms with van der Waals surface area (Å²) < 4.78 is 0. The van der Waals surface area contributed by atoms with E-state index in [4.69, 9.17) is 0 Å². The number of nitrogens with one attached hydrogen (secondary N) is 2. The average molecular weight is 289 g/mol. The summed E-state index contributed by atoms with van der Waals surface area (Å²) >= 11 is 0. The van der Waals surface area contributed by atoms with Gasteiger partial charge in [-0.1, -0.05) is 0 Å². The van der Waals surface area contributed by atoms with Gasteiger partial charge in [-0.15, -0.1) is 0 Å². The van der Waals surface area contributed by atoms with Crippen LogP contribution in [0.2, 0.25) is 0 Å². The molecule has 0 saturated carbocycles. The standard InChI is InChI=1S/C15H23N5O/c1-16-14-10-18-9-12(19-14)13-3-2-8-20(13)15(21)11-4-6-17-7-5-11/h9-11,13,17H,2-8H2,1H3,(H,16,19)/t13-/m0/s1. The fraction of sp³-hybridized carbons (Fsp3) is 0.667. The molecule has 114 valence electrons. The summed E-state index contributed by atoms with van der Waals surface area (Å²) in [6, 6.07) is 0.0909. The van der Waals surface area contributed by atoms with Gasteiger partial charge in [0.15, 0.2) is 0 Å². The van der Waals surface area contributed by atoms with Crippen molar-refractivity contribution < 1.29 is 4.79 Å². The van der Waals surface area contributed by atoms with Crippen LogP contribution in [0.5, 0.6) is 0 Å². The highest BCUT2D eigenvalue weighted by atomic mass is 16.2. The van der Waals surface area contributed by atoms with Crippen molar-refractivity contribution >= 4 is 11.7 Å². The van der Waals surface area contributed by atoms with Gasteiger partial charge in [-0.05, 0) is 38.8 Å². The van der Waals surface area contributed by atoms with E-state index in [1.165, 1.54) is 0 Å². The van der Waals surface area contributed by atoms with Gasteiger partial charge in [-0.3, -0.25) is 9.78 Å². The molecule has 1 amide bonds. The summed E-state index contributed by atoms with van der Waals surface area (Å²) in [6.07, 6.45) is 7.43. The third kappa shape index (κ3) is 3.00. The second-order valence-electron chi connectivity index (χ2n) is 5.79. The first-order valence-corrected chi connectivity index (χ1v) is 7.80. The topological polar surface area (TPSA) is 70.2 Å². The van der Waals surface area contributed by atoms with E-state index in [1.807, 2.05) is 11.9 Å². The van der Waals surface area contributed by atoms with Crippen molar-refractivity contribution in [3.63, 3.8) is 0 Å². The van der Waals surface area contributed by atoms with Crippen molar-refractivity contribution in [1.82, 2.24) is 20.2 Å². The molecule has 1 aromatic rings. The first-order valence-electron chi connectivity index (χ1n) is 7.80. The average Bonchev–Trinajstić information content (AvgIpc) is 3.04. The van der Waals surface area contributed by atoms with E-state index in [9.17, 15) is 4.79 Å². The summed E-state index contributed by atoms with van der Waals surface area (Å²) in [6.45, 7) is 2.74. The van der Waals surface area contributed by atoms with Crippen molar-refractivity contribution in [2.24, 2.45) is 5.92 Å². The fourth-order valence-corrected chi connectivity index (χ4v) is 3.30. The van der Waals surface area contributed by atoms with E-state index in [-0.39, 0.29) is 12.0 Å². The summed E-state index contributed by atoms with van der Waals surface area (Å²) in [5, 5.41) is 6.33. The number of likely N-dealkylation sites (tertiary alicyclic amines) is 1. The van der Waals surface area contributed by atoms with Crippen LogP contribution < -0.4 is 10.6 Å². The monoisotopic (exact) mass is 289 g/mol. The Bertz CT molecular complexity index is 501. The molecule has 1 atom stereocenters. The SMILES string of the molecule is CNc1cncc([C@@H]2CCCN2C(=O)C2CCNCC2)n1. The number of amides is 1. The van der Waals surface area contributed by atoms with E-state index in [0.717, 1.165) is 56.8 Å². The van der Waals surface area contributed by atoms with Gasteiger partial charge in [-0.25, -0.2) is 4.98 Å². The third-order valence-corrected chi connectivity index (χ3v) is 4.47. The number of anilines is 1. The zero-order chi connectivity index (χ0) is 14.7. The minimum Gasteiger partial charge on any atom is -0.372 e. The van der Waals surface area contributed by atoms with Gasteiger partial charge in [-0.2, -0.15) is 0 Å². The predicted molar refractivity (Wildman–Crippen MR) is 80.9 cm³/mol. The summed E-state index contributed by atoms with van der Waals surface area (Å²) in [7, 11) is 1.83. The smallest absolute Gasteiger partial charge is 0.226 e. The number of aromatic nitrogens is 2. The van der Waals surface area contributed by atoms with E-state index in [2.05, 4.69) is 20.6 Å². The highest BCUT2D eigenvalue weighted by Crippen LogP contribution is 2.33. The van der Waals surface area contributed by atoms with Gasteiger partial charge < -0.3 is 15.5 Å². The van der Waals surface area contributed by atoms with E-state index in [0.29, 0.717) is 5.91 Å². The minimum atomic E-state index is 0.0909. The number of carbonyl (C=O) groups is 1. The first kappa shape index (κ1) is 14.3. The molecule has 2 aliphatic rings. The van der Waals surface area contributed by atoms with Crippen LogP contribution in [0, 0.1) is 5.92 Å². The maximum absolute atomic E-state index is 12.8. The lowest BCUT2D eigenvalue weighted by atomic mass is 9.96. The van der Waals surface area contributed by atoms with E-state index < -0.39 is 0 Å². The van der Waals surface area contributed by atoms with E-state index >= 15 is 0 Å². The number of hydrogen-bond acceptors (Lipinski definition) is 5. The highest BCUT2D eigenvalue weighted by Gasteiger charge is 2.35. The molecule has 3 heterocycles. The molecular formula is C15H23N5O. The highest BCUT2D eigenvalue weighted by molar-refractivity contribution is 5.79. The van der Waals surface area contributed by atoms with Gasteiger partial charge in [0.05, 0.1) is 24.1 Å². The third-order valence-electron chi connectivity index (χ3n) is 4.47. The molecule has 1 aromatic heterocycles. The molecule has 2 N–H and O–H groups in total. The van der Waals surface area contributed by atoms with Crippen LogP contribution in [-0.4, -0.2) is 47.5 Å². The maximum Gasteiger partial charge on any atom is 0.226 e. The van der Waals surface area contributed by atoms with Gasteiger partial charge in [0.1, 0.15) is 5.82 Å². The zero-order valence-electron chi connectivity index (χ0n) is 12.5. The van der Waals surface area contributed by atoms with Crippen molar-refractivity contribution in [2.75, 3.05) is 32.0 Å². The second-order valence-corrected chi connectivity index (χ2v) is 5.79. The molecule has 0 aromatic carbocycles. The Labute approximate surface area is 125 Å². The number of piperidine rings is 1. The summed E-state index contributed by atoms with van der Waals surface area (Å²) in [5.41, 5.74) is 0.904. The van der Waals surface area contributed by atoms with Gasteiger partial charge in [0, 0.05) is 19.5 Å². The number of nitrogens with zero attached hydrogens (tertiary/aromatic N) is 3. The van der Waals surface area contributed by atoms with Crippen molar-refractivity contribution in [1.29, 1.82) is 0 Å². The molecule has 6 heteroatoms. The molecule has 0 spiro atoms. The fourth-order valence-electron chi connectivity index (χ4n) is 3.30. The molecule has 0 bridgehead atoms. The lowest BCUT2D eigenvalue weighted by Gasteiger charge is -2.30. The maximum atomic E-state index is 12.8. The van der Waals surface area contributed by atoms with Crippen LogP contribution in [0.1, 0.15) is 37.4 Å². The van der Waals surface area contributed by atoms with Crippen LogP contribution >= 0.6 is 0 Å². The molecule has 3 rings (SSSR count). The molecule has 0 aliphatic carbocycles. The molecule has 0 unspecified atom stereocenters. The Morgan fingerprint density at radius 1 is 1.33 bits per heavy atom. The van der Waals surface area contributed by atoms with Crippen molar-refractivity contribution in [3.05, 3.63) is 18.1 Å². The van der Waals surface area contributed by atoms with Crippen LogP contribution in [-0.2, 0) is 4.79 Å². The first-order chi connectivity index (χ1) is 10.3. The second kappa shape index (κ2) is 6.39. The van der Waals surface area contributed by atoms with Crippen molar-refractivity contribution in [3.8, 4) is 0 Å². The zero-order valence-corrected chi connectivity index (χ0v) is 12.5. The number of hydrogen-bond donors (Lipinski definition) is 2. The van der Waals surface area contributed by atoms with Crippen LogP contribution in [0.25, 0.3) is 0 Å². The van der Waals surface area contributed by atoms with Crippen LogP contribution in [0.3, 0.4) is 0 Å². The largest absolute Gasteiger partial charge is 0.372 e. The Kier molecular flexibility index (Phi) is 4.34. The van der Waals surface area contributed by atoms with Gasteiger partial charge in [0.2, 0.25) is 5.91 Å². The van der Waals surface area contributed by atoms with Gasteiger partial charge >= 0.3 is 0 Å². The Morgan fingerprint density at radius 2 is 2.14 bits per heavy atom. The Hall–Kier alpha value is -1.69. The molecular weight excluding hydrogens is 266 g/mol. The summed E-state index contributed by atoms with van der Waals surface area (Å²) in [5.74, 6) is 1.23. The predicted octanol–water partition coefficient (Wildman–Crippen LogP) is 1.18. The normalized spacial score (nSPS) is 23.3. The lowest BCUT2D eigenvalue weighted by Crippen LogP contribution is -2.40. The molecule has 2 saturated heterocycles. The Morgan fingerprint density at radius 3 is 2.90 bits per heavy atom. The van der Waals surface area contributed by atoms with Crippen LogP contribution in [0.4, 0.5) is 5.82 Å². The number of carbonyl (C=O) groups excluding carboxylic acids is 1. The lowest BCUT2D eigenvalue weighted by molar-refractivity contribution is -0.137. The summed E-state index contributed by atoms with van der Waals surface area (Å²) in [4.78, 5) is 23.6. The molecule has 2 aliphatic heterocycles. The quantitative estimate of drug-likeness (QED) is 0.874.